The molecule has 0 spiro atoms. The summed E-state index contributed by atoms with van der Waals surface area (Å²) in [7, 11) is 0. The van der Waals surface area contributed by atoms with E-state index in [2.05, 4.69) is 20.8 Å². The van der Waals surface area contributed by atoms with Gasteiger partial charge in [0, 0.05) is 11.0 Å². The summed E-state index contributed by atoms with van der Waals surface area (Å²) in [6, 6.07) is 3.55. The van der Waals surface area contributed by atoms with Gasteiger partial charge in [0.1, 0.15) is 0 Å². The lowest BCUT2D eigenvalue weighted by Crippen LogP contribution is -2.28. The van der Waals surface area contributed by atoms with Crippen LogP contribution < -0.4 is 5.48 Å². The molecule has 0 aromatic carbocycles. The third-order valence-electron chi connectivity index (χ3n) is 1.40. The molecule has 17 heavy (non-hydrogen) atoms. The summed E-state index contributed by atoms with van der Waals surface area (Å²) in [6.45, 7) is -1.52. The van der Waals surface area contributed by atoms with Crippen LogP contribution in [0.15, 0.2) is 22.0 Å². The quantitative estimate of drug-likeness (QED) is 0.680. The Labute approximate surface area is 107 Å². The monoisotopic (exact) mass is 329 g/mol. The fourth-order valence-electron chi connectivity index (χ4n) is 0.799. The molecule has 1 amide bonds. The van der Waals surface area contributed by atoms with E-state index < -0.39 is 18.7 Å². The number of thiophene rings is 1. The Morgan fingerprint density at radius 1 is 1.53 bits per heavy atom. The minimum atomic E-state index is -4.46. The van der Waals surface area contributed by atoms with E-state index in [0.29, 0.717) is 0 Å². The van der Waals surface area contributed by atoms with Crippen molar-refractivity contribution in [3.63, 3.8) is 0 Å². The smallest absolute Gasteiger partial charge is 0.268 e. The normalized spacial score (nSPS) is 12.0. The van der Waals surface area contributed by atoms with Gasteiger partial charge in [-0.15, -0.1) is 11.3 Å². The zero-order chi connectivity index (χ0) is 12.9. The molecule has 0 saturated carbocycles. The second-order valence-corrected chi connectivity index (χ2v) is 5.34. The molecule has 94 valence electrons. The van der Waals surface area contributed by atoms with Crippen molar-refractivity contribution in [2.24, 2.45) is 0 Å². The summed E-state index contributed by atoms with van der Waals surface area (Å²) < 4.78 is 35.9. The van der Waals surface area contributed by atoms with Gasteiger partial charge < -0.3 is 0 Å². The largest absolute Gasteiger partial charge is 0.414 e. The zero-order valence-corrected chi connectivity index (χ0v) is 10.7. The van der Waals surface area contributed by atoms with Gasteiger partial charge in [-0.05, 0) is 34.1 Å². The van der Waals surface area contributed by atoms with Crippen molar-refractivity contribution >= 4 is 39.2 Å². The lowest BCUT2D eigenvalue weighted by molar-refractivity contribution is -0.190. The van der Waals surface area contributed by atoms with Crippen LogP contribution in [-0.2, 0) is 9.63 Å². The van der Waals surface area contributed by atoms with Crippen LogP contribution in [0.1, 0.15) is 4.88 Å². The van der Waals surface area contributed by atoms with E-state index in [4.69, 9.17) is 0 Å². The first-order valence-corrected chi connectivity index (χ1v) is 5.90. The Balaban J connectivity index is 2.32. The standard InChI is InChI=1S/C9H7BrF3NO2S/c10-7-3-1-6(17-7)2-4-8(15)14-16-5-9(11,12)13/h1-4H,5H2,(H,14,15)/b4-2+. The molecule has 0 aliphatic rings. The van der Waals surface area contributed by atoms with Crippen molar-refractivity contribution in [2.45, 2.75) is 6.18 Å². The molecule has 1 heterocycles. The maximum absolute atomic E-state index is 11.7. The highest BCUT2D eigenvalue weighted by molar-refractivity contribution is 9.11. The first-order valence-electron chi connectivity index (χ1n) is 4.29. The van der Waals surface area contributed by atoms with Gasteiger partial charge in [0.05, 0.1) is 3.79 Å². The number of hydrogen-bond donors (Lipinski definition) is 1. The molecule has 1 aromatic rings. The fourth-order valence-corrected chi connectivity index (χ4v) is 2.13. The van der Waals surface area contributed by atoms with E-state index in [0.717, 1.165) is 14.7 Å². The van der Waals surface area contributed by atoms with Crippen LogP contribution in [0.25, 0.3) is 6.08 Å². The van der Waals surface area contributed by atoms with Gasteiger partial charge in [0.15, 0.2) is 6.61 Å². The van der Waals surface area contributed by atoms with Crippen molar-refractivity contribution < 1.29 is 22.8 Å². The van der Waals surface area contributed by atoms with Crippen molar-refractivity contribution in [1.82, 2.24) is 5.48 Å². The Bertz CT molecular complexity index is 417. The van der Waals surface area contributed by atoms with Crippen LogP contribution in [-0.4, -0.2) is 18.7 Å². The van der Waals surface area contributed by atoms with Crippen molar-refractivity contribution in [1.29, 1.82) is 0 Å². The average molecular weight is 330 g/mol. The minimum absolute atomic E-state index is 0.751. The summed E-state index contributed by atoms with van der Waals surface area (Å²) in [5.41, 5.74) is 1.66. The third-order valence-corrected chi connectivity index (χ3v) is 2.99. The highest BCUT2D eigenvalue weighted by Gasteiger charge is 2.28. The Morgan fingerprint density at radius 2 is 2.24 bits per heavy atom. The molecular weight excluding hydrogens is 323 g/mol. The van der Waals surface area contributed by atoms with Gasteiger partial charge in [-0.1, -0.05) is 0 Å². The van der Waals surface area contributed by atoms with Crippen LogP contribution in [0.3, 0.4) is 0 Å². The number of amides is 1. The van der Waals surface area contributed by atoms with E-state index in [1.54, 1.807) is 17.6 Å². The zero-order valence-electron chi connectivity index (χ0n) is 8.25. The summed E-state index contributed by atoms with van der Waals surface area (Å²) in [5, 5.41) is 0. The van der Waals surface area contributed by atoms with Crippen LogP contribution in [0.5, 0.6) is 0 Å². The van der Waals surface area contributed by atoms with Crippen LogP contribution >= 0.6 is 27.3 Å². The van der Waals surface area contributed by atoms with Crippen molar-refractivity contribution in [2.75, 3.05) is 6.61 Å². The number of hydroxylamine groups is 1. The van der Waals surface area contributed by atoms with Gasteiger partial charge in [0.25, 0.3) is 5.91 Å². The molecule has 0 radical (unpaired) electrons. The van der Waals surface area contributed by atoms with Gasteiger partial charge in [-0.2, -0.15) is 13.2 Å². The second kappa shape index (κ2) is 6.18. The minimum Gasteiger partial charge on any atom is -0.268 e. The predicted molar refractivity (Wildman–Crippen MR) is 61.2 cm³/mol. The van der Waals surface area contributed by atoms with Gasteiger partial charge in [0.2, 0.25) is 0 Å². The summed E-state index contributed by atoms with van der Waals surface area (Å²) in [5.74, 6) is -0.751. The lowest BCUT2D eigenvalue weighted by Gasteiger charge is -2.06. The first kappa shape index (κ1) is 14.2. The molecule has 0 saturated heterocycles. The fraction of sp³-hybridized carbons (Fsp3) is 0.222. The molecule has 1 N–H and O–H groups in total. The van der Waals surface area contributed by atoms with Gasteiger partial charge in [-0.25, -0.2) is 5.48 Å². The molecule has 0 aliphatic carbocycles. The van der Waals surface area contributed by atoms with E-state index in [-0.39, 0.29) is 0 Å². The Hall–Kier alpha value is -0.860. The number of nitrogens with one attached hydrogen (secondary N) is 1. The van der Waals surface area contributed by atoms with Crippen LogP contribution in [0.2, 0.25) is 0 Å². The molecule has 0 unspecified atom stereocenters. The van der Waals surface area contributed by atoms with E-state index in [9.17, 15) is 18.0 Å². The summed E-state index contributed by atoms with van der Waals surface area (Å²) in [4.78, 5) is 15.8. The lowest BCUT2D eigenvalue weighted by atomic mass is 10.4. The molecular formula is C9H7BrF3NO2S. The number of carbonyl (C=O) groups excluding carboxylic acids is 1. The molecule has 0 atom stereocenters. The molecule has 0 aliphatic heterocycles. The van der Waals surface area contributed by atoms with Crippen LogP contribution in [0, 0.1) is 0 Å². The van der Waals surface area contributed by atoms with Crippen molar-refractivity contribution in [3.05, 3.63) is 26.9 Å². The molecule has 0 fully saturated rings. The Morgan fingerprint density at radius 3 is 2.76 bits per heavy atom. The Kier molecular flexibility index (Phi) is 5.16. The topological polar surface area (TPSA) is 38.3 Å². The van der Waals surface area contributed by atoms with Gasteiger partial charge in [-0.3, -0.25) is 9.63 Å². The van der Waals surface area contributed by atoms with E-state index in [1.165, 1.54) is 17.4 Å². The third kappa shape index (κ3) is 6.44. The number of halogens is 4. The summed E-state index contributed by atoms with van der Waals surface area (Å²) >= 11 is 4.62. The first-order chi connectivity index (χ1) is 7.87. The number of carbonyl (C=O) groups is 1. The molecule has 0 bridgehead atoms. The molecule has 3 nitrogen and oxygen atoms in total. The average Bonchev–Trinajstić information content (AvgIpc) is 2.59. The predicted octanol–water partition coefficient (Wildman–Crippen LogP) is 3.13. The highest BCUT2D eigenvalue weighted by Crippen LogP contribution is 2.22. The summed E-state index contributed by atoms with van der Waals surface area (Å²) in [6.07, 6.45) is -1.90. The van der Waals surface area contributed by atoms with Crippen LogP contribution in [0.4, 0.5) is 13.2 Å². The second-order valence-electron chi connectivity index (χ2n) is 2.85. The number of hydrogen-bond acceptors (Lipinski definition) is 3. The van der Waals surface area contributed by atoms with Crippen molar-refractivity contribution in [3.8, 4) is 0 Å². The molecule has 8 heteroatoms. The molecule has 1 aromatic heterocycles. The SMILES string of the molecule is O=C(/C=C/c1ccc(Br)s1)NOCC(F)(F)F. The highest BCUT2D eigenvalue weighted by atomic mass is 79.9. The number of rotatable bonds is 4. The van der Waals surface area contributed by atoms with Gasteiger partial charge >= 0.3 is 6.18 Å². The molecule has 1 rings (SSSR count). The van der Waals surface area contributed by atoms with E-state index >= 15 is 0 Å². The van der Waals surface area contributed by atoms with E-state index in [1.807, 2.05) is 0 Å². The number of alkyl halides is 3. The maximum atomic E-state index is 11.7. The maximum Gasteiger partial charge on any atom is 0.414 e.